The Morgan fingerprint density at radius 3 is 2.85 bits per heavy atom. The van der Waals surface area contributed by atoms with E-state index in [9.17, 15) is 5.11 Å². The van der Waals surface area contributed by atoms with Crippen LogP contribution in [0.5, 0.6) is 5.75 Å². The zero-order valence-corrected chi connectivity index (χ0v) is 8.10. The van der Waals surface area contributed by atoms with Gasteiger partial charge in [0.2, 0.25) is 0 Å². The molecule has 0 fully saturated rings. The highest BCUT2D eigenvalue weighted by Crippen LogP contribution is 2.29. The summed E-state index contributed by atoms with van der Waals surface area (Å²) in [6, 6.07) is 5.38. The predicted octanol–water partition coefficient (Wildman–Crippen LogP) is 2.81. The molecule has 0 bridgehead atoms. The van der Waals surface area contributed by atoms with Crippen LogP contribution >= 0.6 is 11.6 Å². The number of hydrogen-bond donors (Lipinski definition) is 1. The lowest BCUT2D eigenvalue weighted by atomic mass is 10.1. The van der Waals surface area contributed by atoms with Crippen LogP contribution in [0, 0.1) is 18.3 Å². The zero-order valence-electron chi connectivity index (χ0n) is 7.34. The second-order valence-corrected chi connectivity index (χ2v) is 3.23. The van der Waals surface area contributed by atoms with Crippen molar-refractivity contribution in [1.82, 2.24) is 0 Å². The van der Waals surface area contributed by atoms with Crippen molar-refractivity contribution >= 4 is 11.6 Å². The lowest BCUT2D eigenvalue weighted by molar-refractivity contribution is 0.468. The molecule has 0 radical (unpaired) electrons. The lowest BCUT2D eigenvalue weighted by Crippen LogP contribution is -1.89. The van der Waals surface area contributed by atoms with Crippen molar-refractivity contribution in [3.8, 4) is 11.8 Å². The summed E-state index contributed by atoms with van der Waals surface area (Å²) in [5, 5.41) is 18.4. The van der Waals surface area contributed by atoms with Crippen LogP contribution in [-0.2, 0) is 6.42 Å². The molecule has 0 saturated heterocycles. The first-order valence-electron chi connectivity index (χ1n) is 4.00. The van der Waals surface area contributed by atoms with Crippen molar-refractivity contribution in [2.45, 2.75) is 19.8 Å². The van der Waals surface area contributed by atoms with E-state index in [4.69, 9.17) is 16.9 Å². The fraction of sp³-hybridized carbons (Fsp3) is 0.300. The van der Waals surface area contributed by atoms with E-state index < -0.39 is 0 Å². The van der Waals surface area contributed by atoms with Crippen LogP contribution in [0.15, 0.2) is 12.1 Å². The summed E-state index contributed by atoms with van der Waals surface area (Å²) in [5.41, 5.74) is 1.59. The maximum Gasteiger partial charge on any atom is 0.120 e. The number of phenols is 1. The van der Waals surface area contributed by atoms with E-state index in [1.807, 2.05) is 13.0 Å². The van der Waals surface area contributed by atoms with Gasteiger partial charge in [-0.2, -0.15) is 5.26 Å². The minimum absolute atomic E-state index is 0.172. The van der Waals surface area contributed by atoms with Crippen LogP contribution in [0.2, 0.25) is 5.02 Å². The summed E-state index contributed by atoms with van der Waals surface area (Å²) >= 11 is 5.96. The van der Waals surface area contributed by atoms with E-state index in [2.05, 4.69) is 0 Å². The van der Waals surface area contributed by atoms with Gasteiger partial charge in [0.15, 0.2) is 0 Å². The monoisotopic (exact) mass is 195 g/mol. The van der Waals surface area contributed by atoms with Crippen molar-refractivity contribution in [1.29, 1.82) is 5.26 Å². The molecule has 1 aromatic rings. The van der Waals surface area contributed by atoms with E-state index >= 15 is 0 Å². The fourth-order valence-electron chi connectivity index (χ4n) is 1.15. The number of aromatic hydroxyl groups is 1. The van der Waals surface area contributed by atoms with Crippen molar-refractivity contribution in [2.24, 2.45) is 0 Å². The summed E-state index contributed by atoms with van der Waals surface area (Å²) in [4.78, 5) is 0. The Labute approximate surface area is 82.4 Å². The van der Waals surface area contributed by atoms with Gasteiger partial charge in [-0.25, -0.2) is 0 Å². The molecular weight excluding hydrogens is 186 g/mol. The number of benzene rings is 1. The molecule has 0 unspecified atom stereocenters. The summed E-state index contributed by atoms with van der Waals surface area (Å²) < 4.78 is 0. The van der Waals surface area contributed by atoms with E-state index in [-0.39, 0.29) is 5.75 Å². The van der Waals surface area contributed by atoms with Crippen LogP contribution in [0.4, 0.5) is 0 Å². The molecule has 0 saturated carbocycles. The maximum absolute atomic E-state index is 9.45. The minimum atomic E-state index is 0.172. The van der Waals surface area contributed by atoms with Crippen LogP contribution in [0.25, 0.3) is 0 Å². The second-order valence-electron chi connectivity index (χ2n) is 2.85. The molecule has 0 heterocycles. The second kappa shape index (κ2) is 4.15. The molecule has 0 aliphatic carbocycles. The fourth-order valence-corrected chi connectivity index (χ4v) is 1.40. The summed E-state index contributed by atoms with van der Waals surface area (Å²) in [7, 11) is 0. The topological polar surface area (TPSA) is 44.0 Å². The molecule has 1 aromatic carbocycles. The molecule has 0 aromatic heterocycles. The van der Waals surface area contributed by atoms with Gasteiger partial charge in [0.25, 0.3) is 0 Å². The summed E-state index contributed by atoms with van der Waals surface area (Å²) in [5.74, 6) is 0.172. The van der Waals surface area contributed by atoms with E-state index in [1.165, 1.54) is 0 Å². The number of rotatable bonds is 2. The summed E-state index contributed by atoms with van der Waals surface area (Å²) in [6.07, 6.45) is 0.875. The third-order valence-corrected chi connectivity index (χ3v) is 2.42. The molecule has 13 heavy (non-hydrogen) atoms. The van der Waals surface area contributed by atoms with E-state index in [1.54, 1.807) is 12.1 Å². The molecule has 2 nitrogen and oxygen atoms in total. The zero-order chi connectivity index (χ0) is 9.84. The quantitative estimate of drug-likeness (QED) is 0.789. The minimum Gasteiger partial charge on any atom is -0.508 e. The van der Waals surface area contributed by atoms with Gasteiger partial charge in [0, 0.05) is 12.0 Å². The third kappa shape index (κ3) is 2.13. The van der Waals surface area contributed by atoms with Gasteiger partial charge in [-0.3, -0.25) is 0 Å². The average molecular weight is 196 g/mol. The highest BCUT2D eigenvalue weighted by molar-refractivity contribution is 6.32. The molecule has 68 valence electrons. The number of phenolic OH excluding ortho intramolecular Hbond substituents is 1. The van der Waals surface area contributed by atoms with Crippen molar-refractivity contribution in [3.63, 3.8) is 0 Å². The van der Waals surface area contributed by atoms with Gasteiger partial charge in [-0.1, -0.05) is 17.7 Å². The highest BCUT2D eigenvalue weighted by Gasteiger charge is 2.07. The molecule has 0 aliphatic heterocycles. The third-order valence-electron chi connectivity index (χ3n) is 1.90. The number of nitriles is 1. The Balaban J connectivity index is 3.04. The molecule has 0 atom stereocenters. The first-order chi connectivity index (χ1) is 6.16. The van der Waals surface area contributed by atoms with Crippen LogP contribution < -0.4 is 0 Å². The number of nitrogens with zero attached hydrogens (tertiary/aromatic N) is 1. The number of halogens is 1. The normalized spacial score (nSPS) is 9.62. The van der Waals surface area contributed by atoms with Crippen molar-refractivity contribution < 1.29 is 5.11 Å². The van der Waals surface area contributed by atoms with Crippen LogP contribution in [0.1, 0.15) is 17.5 Å². The molecule has 3 heteroatoms. The maximum atomic E-state index is 9.45. The average Bonchev–Trinajstić information content (AvgIpc) is 2.12. The van der Waals surface area contributed by atoms with Crippen LogP contribution in [0.3, 0.4) is 0 Å². The Kier molecular flexibility index (Phi) is 3.16. The largest absolute Gasteiger partial charge is 0.508 e. The summed E-state index contributed by atoms with van der Waals surface area (Å²) in [6.45, 7) is 1.87. The number of aryl methyl sites for hydroxylation is 1. The molecular formula is C10H10ClNO. The Hall–Kier alpha value is -1.20. The number of hydrogen-bond acceptors (Lipinski definition) is 2. The SMILES string of the molecule is Cc1ccc(O)c(CCC#N)c1Cl. The van der Waals surface area contributed by atoms with Gasteiger partial charge in [0.05, 0.1) is 11.1 Å². The molecule has 1 rings (SSSR count). The smallest absolute Gasteiger partial charge is 0.120 e. The standard InChI is InChI=1S/C10H10ClNO/c1-7-4-5-9(13)8(10(7)11)3-2-6-12/h4-5,13H,2-3H2,1H3. The predicted molar refractivity (Wildman–Crippen MR) is 51.8 cm³/mol. The first kappa shape index (κ1) is 9.88. The Morgan fingerprint density at radius 1 is 1.54 bits per heavy atom. The highest BCUT2D eigenvalue weighted by atomic mass is 35.5. The Bertz CT molecular complexity index is 355. The van der Waals surface area contributed by atoms with Gasteiger partial charge in [-0.15, -0.1) is 0 Å². The van der Waals surface area contributed by atoms with Gasteiger partial charge in [0.1, 0.15) is 5.75 Å². The van der Waals surface area contributed by atoms with Crippen molar-refractivity contribution in [3.05, 3.63) is 28.3 Å². The lowest BCUT2D eigenvalue weighted by Gasteiger charge is -2.06. The van der Waals surface area contributed by atoms with Gasteiger partial charge >= 0.3 is 0 Å². The van der Waals surface area contributed by atoms with E-state index in [0.717, 1.165) is 5.56 Å². The Morgan fingerprint density at radius 2 is 2.23 bits per heavy atom. The molecule has 0 aliphatic rings. The molecule has 0 spiro atoms. The molecule has 0 amide bonds. The first-order valence-corrected chi connectivity index (χ1v) is 4.38. The van der Waals surface area contributed by atoms with Gasteiger partial charge in [-0.05, 0) is 25.0 Å². The van der Waals surface area contributed by atoms with Gasteiger partial charge < -0.3 is 5.11 Å². The van der Waals surface area contributed by atoms with Crippen LogP contribution in [-0.4, -0.2) is 5.11 Å². The van der Waals surface area contributed by atoms with Crippen molar-refractivity contribution in [2.75, 3.05) is 0 Å². The molecule has 1 N–H and O–H groups in total. The van der Waals surface area contributed by atoms with E-state index in [0.29, 0.717) is 23.4 Å².